The van der Waals surface area contributed by atoms with Crippen molar-refractivity contribution in [2.75, 3.05) is 0 Å². The highest BCUT2D eigenvalue weighted by molar-refractivity contribution is 5.18. The van der Waals surface area contributed by atoms with Crippen LogP contribution in [0.15, 0.2) is 22.7 Å². The van der Waals surface area contributed by atoms with E-state index < -0.39 is 11.6 Å². The molecular weight excluding hydrogens is 228 g/mol. The largest absolute Gasteiger partial charge is 0.338 e. The fraction of sp³-hybridized carbons (Fsp3) is 0.273. The van der Waals surface area contributed by atoms with Gasteiger partial charge in [0.25, 0.3) is 0 Å². The maximum atomic E-state index is 13.2. The lowest BCUT2D eigenvalue weighted by atomic mass is 10.2. The average Bonchev–Trinajstić information content (AvgIpc) is 2.69. The van der Waals surface area contributed by atoms with E-state index in [-0.39, 0.29) is 12.1 Å². The average molecular weight is 239 g/mol. The summed E-state index contributed by atoms with van der Waals surface area (Å²) in [5, 5.41) is 6.51. The lowest BCUT2D eigenvalue weighted by Gasteiger charge is -2.03. The molecule has 2 rings (SSSR count). The van der Waals surface area contributed by atoms with Gasteiger partial charge in [-0.1, -0.05) is 5.16 Å². The van der Waals surface area contributed by atoms with Crippen LogP contribution in [0.25, 0.3) is 0 Å². The SMILES string of the molecule is Cc1noc(CNCc2cc(F)ccc2F)n1. The zero-order chi connectivity index (χ0) is 12.3. The normalized spacial score (nSPS) is 10.8. The Balaban J connectivity index is 1.91. The lowest BCUT2D eigenvalue weighted by Crippen LogP contribution is -2.14. The van der Waals surface area contributed by atoms with E-state index >= 15 is 0 Å². The molecule has 0 atom stereocenters. The van der Waals surface area contributed by atoms with E-state index in [0.29, 0.717) is 18.3 Å². The Bertz CT molecular complexity index is 513. The summed E-state index contributed by atoms with van der Waals surface area (Å²) in [6.07, 6.45) is 0. The van der Waals surface area contributed by atoms with Crippen molar-refractivity contribution in [2.45, 2.75) is 20.0 Å². The fourth-order valence-electron chi connectivity index (χ4n) is 1.39. The molecule has 6 heteroatoms. The van der Waals surface area contributed by atoms with Crippen LogP contribution in [-0.2, 0) is 13.1 Å². The molecule has 1 N–H and O–H groups in total. The van der Waals surface area contributed by atoms with Gasteiger partial charge in [0.05, 0.1) is 6.54 Å². The van der Waals surface area contributed by atoms with E-state index in [0.717, 1.165) is 18.2 Å². The van der Waals surface area contributed by atoms with E-state index in [1.54, 1.807) is 6.92 Å². The number of nitrogens with zero attached hydrogens (tertiary/aromatic N) is 2. The molecule has 0 amide bonds. The summed E-state index contributed by atoms with van der Waals surface area (Å²) in [5.74, 6) is 0.0514. The van der Waals surface area contributed by atoms with Gasteiger partial charge in [-0.2, -0.15) is 4.98 Å². The molecule has 1 heterocycles. The lowest BCUT2D eigenvalue weighted by molar-refractivity contribution is 0.363. The second-order valence-corrected chi connectivity index (χ2v) is 3.57. The van der Waals surface area contributed by atoms with Crippen molar-refractivity contribution in [1.82, 2.24) is 15.5 Å². The molecule has 0 unspecified atom stereocenters. The first-order valence-corrected chi connectivity index (χ1v) is 5.09. The van der Waals surface area contributed by atoms with E-state index in [1.165, 1.54) is 0 Å². The Labute approximate surface area is 96.6 Å². The number of halogens is 2. The van der Waals surface area contributed by atoms with Crippen LogP contribution in [0.4, 0.5) is 8.78 Å². The van der Waals surface area contributed by atoms with Crippen LogP contribution in [0.1, 0.15) is 17.3 Å². The Morgan fingerprint density at radius 2 is 2.12 bits per heavy atom. The van der Waals surface area contributed by atoms with Gasteiger partial charge in [0.2, 0.25) is 5.89 Å². The highest BCUT2D eigenvalue weighted by atomic mass is 19.1. The first-order valence-electron chi connectivity index (χ1n) is 5.09. The standard InChI is InChI=1S/C11H11F2N3O/c1-7-15-11(17-16-7)6-14-5-8-4-9(12)2-3-10(8)13/h2-4,14H,5-6H2,1H3. The first-order chi connectivity index (χ1) is 8.15. The maximum absolute atomic E-state index is 13.2. The molecule has 0 bridgehead atoms. The third kappa shape index (κ3) is 3.07. The maximum Gasteiger partial charge on any atom is 0.240 e. The van der Waals surface area contributed by atoms with Crippen LogP contribution in [0.3, 0.4) is 0 Å². The van der Waals surface area contributed by atoms with Crippen molar-refractivity contribution in [3.63, 3.8) is 0 Å². The van der Waals surface area contributed by atoms with Gasteiger partial charge in [0, 0.05) is 12.1 Å². The smallest absolute Gasteiger partial charge is 0.240 e. The molecule has 1 aromatic heterocycles. The topological polar surface area (TPSA) is 51.0 Å². The minimum absolute atomic E-state index is 0.199. The van der Waals surface area contributed by atoms with Gasteiger partial charge in [-0.15, -0.1) is 0 Å². The molecular formula is C11H11F2N3O. The highest BCUT2D eigenvalue weighted by Crippen LogP contribution is 2.09. The Morgan fingerprint density at radius 3 is 2.82 bits per heavy atom. The summed E-state index contributed by atoms with van der Waals surface area (Å²) in [6, 6.07) is 3.34. The number of rotatable bonds is 4. The molecule has 0 aliphatic rings. The summed E-state index contributed by atoms with van der Waals surface area (Å²) < 4.78 is 31.0. The minimum atomic E-state index is -0.461. The van der Waals surface area contributed by atoms with Crippen molar-refractivity contribution < 1.29 is 13.3 Å². The number of aryl methyl sites for hydroxylation is 1. The first kappa shape index (κ1) is 11.7. The van der Waals surface area contributed by atoms with Crippen molar-refractivity contribution >= 4 is 0 Å². The molecule has 0 aliphatic carbocycles. The summed E-state index contributed by atoms with van der Waals surface area (Å²) in [5.41, 5.74) is 0.265. The number of nitrogens with one attached hydrogen (secondary N) is 1. The molecule has 1 aromatic carbocycles. The van der Waals surface area contributed by atoms with Crippen molar-refractivity contribution in [3.05, 3.63) is 47.1 Å². The van der Waals surface area contributed by atoms with Gasteiger partial charge < -0.3 is 9.84 Å². The molecule has 0 saturated carbocycles. The van der Waals surface area contributed by atoms with Gasteiger partial charge >= 0.3 is 0 Å². The molecule has 4 nitrogen and oxygen atoms in total. The number of benzene rings is 1. The third-order valence-electron chi connectivity index (χ3n) is 2.17. The molecule has 0 spiro atoms. The summed E-state index contributed by atoms with van der Waals surface area (Å²) >= 11 is 0. The van der Waals surface area contributed by atoms with Gasteiger partial charge in [-0.25, -0.2) is 8.78 Å². The van der Waals surface area contributed by atoms with Crippen molar-refractivity contribution in [1.29, 1.82) is 0 Å². The van der Waals surface area contributed by atoms with Crippen LogP contribution in [0.2, 0.25) is 0 Å². The van der Waals surface area contributed by atoms with E-state index in [9.17, 15) is 8.78 Å². The Kier molecular flexibility index (Phi) is 3.43. The molecule has 0 radical (unpaired) electrons. The third-order valence-corrected chi connectivity index (χ3v) is 2.17. The monoisotopic (exact) mass is 239 g/mol. The number of hydrogen-bond donors (Lipinski definition) is 1. The summed E-state index contributed by atoms with van der Waals surface area (Å²) in [7, 11) is 0. The Morgan fingerprint density at radius 1 is 1.29 bits per heavy atom. The zero-order valence-corrected chi connectivity index (χ0v) is 9.20. The predicted molar refractivity (Wildman–Crippen MR) is 55.9 cm³/mol. The molecule has 0 fully saturated rings. The van der Waals surface area contributed by atoms with Crippen LogP contribution < -0.4 is 5.32 Å². The van der Waals surface area contributed by atoms with Gasteiger partial charge in [-0.05, 0) is 25.1 Å². The van der Waals surface area contributed by atoms with Gasteiger partial charge in [-0.3, -0.25) is 0 Å². The van der Waals surface area contributed by atoms with E-state index in [2.05, 4.69) is 15.5 Å². The van der Waals surface area contributed by atoms with Crippen LogP contribution >= 0.6 is 0 Å². The van der Waals surface area contributed by atoms with Gasteiger partial charge in [0.15, 0.2) is 5.82 Å². The van der Waals surface area contributed by atoms with Crippen LogP contribution in [-0.4, -0.2) is 10.1 Å². The van der Waals surface area contributed by atoms with Crippen molar-refractivity contribution in [3.8, 4) is 0 Å². The molecule has 2 aromatic rings. The summed E-state index contributed by atoms with van der Waals surface area (Å²) in [4.78, 5) is 3.97. The van der Waals surface area contributed by atoms with E-state index in [4.69, 9.17) is 4.52 Å². The number of hydrogen-bond acceptors (Lipinski definition) is 4. The van der Waals surface area contributed by atoms with Crippen molar-refractivity contribution in [2.24, 2.45) is 0 Å². The minimum Gasteiger partial charge on any atom is -0.338 e. The quantitative estimate of drug-likeness (QED) is 0.885. The zero-order valence-electron chi connectivity index (χ0n) is 9.20. The van der Waals surface area contributed by atoms with Crippen LogP contribution in [0.5, 0.6) is 0 Å². The molecule has 17 heavy (non-hydrogen) atoms. The summed E-state index contributed by atoms with van der Waals surface area (Å²) in [6.45, 7) is 2.22. The van der Waals surface area contributed by atoms with Crippen LogP contribution in [0, 0.1) is 18.6 Å². The fourth-order valence-corrected chi connectivity index (χ4v) is 1.39. The predicted octanol–water partition coefficient (Wildman–Crippen LogP) is 1.95. The van der Waals surface area contributed by atoms with E-state index in [1.807, 2.05) is 0 Å². The highest BCUT2D eigenvalue weighted by Gasteiger charge is 2.05. The molecule has 0 saturated heterocycles. The second kappa shape index (κ2) is 5.01. The number of aromatic nitrogens is 2. The van der Waals surface area contributed by atoms with Gasteiger partial charge in [0.1, 0.15) is 11.6 Å². The second-order valence-electron chi connectivity index (χ2n) is 3.57. The Hall–Kier alpha value is -1.82. The molecule has 0 aliphatic heterocycles. The molecule has 90 valence electrons.